The third kappa shape index (κ3) is 7.04. The van der Waals surface area contributed by atoms with Gasteiger partial charge in [-0.3, -0.25) is 4.90 Å². The van der Waals surface area contributed by atoms with Gasteiger partial charge in [0.1, 0.15) is 12.3 Å². The van der Waals surface area contributed by atoms with Crippen LogP contribution in [0.5, 0.6) is 0 Å². The van der Waals surface area contributed by atoms with Crippen LogP contribution < -0.4 is 10.6 Å². The molecular formula is C36H33F2N5O4. The molecule has 240 valence electrons. The predicted octanol–water partition coefficient (Wildman–Crippen LogP) is 6.66. The van der Waals surface area contributed by atoms with E-state index in [9.17, 15) is 23.2 Å². The van der Waals surface area contributed by atoms with Crippen molar-refractivity contribution in [2.75, 3.05) is 4.90 Å². The molecule has 1 amide bonds. The zero-order valence-corrected chi connectivity index (χ0v) is 25.6. The summed E-state index contributed by atoms with van der Waals surface area (Å²) in [6.07, 6.45) is 5.24. The minimum absolute atomic E-state index is 0.0679. The highest BCUT2D eigenvalue weighted by molar-refractivity contribution is 5.97. The Bertz CT molecular complexity index is 1900. The van der Waals surface area contributed by atoms with E-state index in [-0.39, 0.29) is 12.6 Å². The third-order valence-corrected chi connectivity index (χ3v) is 8.39. The number of nitrogens with zero attached hydrogens (tertiary/aromatic N) is 5. The molecule has 5 aromatic rings. The standard InChI is InChI=1S/C36H33F2N5O4/c37-31-17-10-18-32(38)33(31)42-36(46)43(40-39-42)35(45)41(28-15-8-3-9-16-28)29-22-21-27(20-19-25-11-4-1-5-12-25)30(23-29)34(44)47-24-26-13-6-2-7-14-26/h1-2,4-7,10-14,17-18,21-23,28H,3,8-9,15-16,19-20,24H2. The van der Waals surface area contributed by atoms with Gasteiger partial charge in [-0.05, 0) is 77.1 Å². The molecule has 1 heterocycles. The molecule has 0 unspecified atom stereocenters. The Morgan fingerprint density at radius 3 is 2.13 bits per heavy atom. The van der Waals surface area contributed by atoms with Gasteiger partial charge in [0, 0.05) is 11.7 Å². The Morgan fingerprint density at radius 1 is 0.787 bits per heavy atom. The largest absolute Gasteiger partial charge is 0.457 e. The lowest BCUT2D eigenvalue weighted by Gasteiger charge is -2.34. The molecule has 0 radical (unpaired) electrons. The minimum Gasteiger partial charge on any atom is -0.457 e. The fourth-order valence-corrected chi connectivity index (χ4v) is 5.96. The number of ether oxygens (including phenoxy) is 1. The number of aromatic nitrogens is 4. The summed E-state index contributed by atoms with van der Waals surface area (Å²) in [5, 5.41) is 7.35. The monoisotopic (exact) mass is 637 g/mol. The van der Waals surface area contributed by atoms with Crippen LogP contribution in [0.2, 0.25) is 0 Å². The van der Waals surface area contributed by atoms with Gasteiger partial charge in [-0.2, -0.15) is 4.68 Å². The highest BCUT2D eigenvalue weighted by atomic mass is 19.1. The molecule has 0 atom stereocenters. The molecule has 11 heteroatoms. The number of halogens is 2. The normalized spacial score (nSPS) is 13.3. The van der Waals surface area contributed by atoms with Crippen LogP contribution in [0.3, 0.4) is 0 Å². The van der Waals surface area contributed by atoms with E-state index < -0.39 is 35.0 Å². The van der Waals surface area contributed by atoms with Crippen molar-refractivity contribution in [3.05, 3.63) is 141 Å². The molecule has 1 fully saturated rings. The molecule has 0 bridgehead atoms. The average Bonchev–Trinajstić information content (AvgIpc) is 3.48. The molecule has 6 rings (SSSR count). The van der Waals surface area contributed by atoms with Crippen LogP contribution >= 0.6 is 0 Å². The second kappa shape index (κ2) is 14.3. The zero-order valence-electron chi connectivity index (χ0n) is 25.6. The van der Waals surface area contributed by atoms with Gasteiger partial charge in [-0.1, -0.05) is 92.1 Å². The number of esters is 1. The summed E-state index contributed by atoms with van der Waals surface area (Å²) in [7, 11) is 0. The number of anilines is 1. The smallest absolute Gasteiger partial charge is 0.377 e. The fraction of sp³-hybridized carbons (Fsp3) is 0.250. The number of amides is 1. The van der Waals surface area contributed by atoms with Crippen molar-refractivity contribution < 1.29 is 23.1 Å². The van der Waals surface area contributed by atoms with Gasteiger partial charge in [0.15, 0.2) is 11.6 Å². The van der Waals surface area contributed by atoms with Crippen molar-refractivity contribution in [2.45, 2.75) is 57.6 Å². The first-order chi connectivity index (χ1) is 22.9. The maximum absolute atomic E-state index is 14.5. The Kier molecular flexibility index (Phi) is 9.61. The number of para-hydroxylation sites is 1. The Morgan fingerprint density at radius 2 is 1.45 bits per heavy atom. The molecule has 0 spiro atoms. The van der Waals surface area contributed by atoms with Crippen LogP contribution in [-0.2, 0) is 24.2 Å². The lowest BCUT2D eigenvalue weighted by atomic mass is 9.93. The SMILES string of the molecule is O=C(OCc1ccccc1)c1cc(N(C(=O)n2nnn(-c3c(F)cccc3F)c2=O)C2CCCCC2)ccc1CCc1ccccc1. The minimum atomic E-state index is -1.12. The summed E-state index contributed by atoms with van der Waals surface area (Å²) in [5.41, 5.74) is 1.49. The van der Waals surface area contributed by atoms with E-state index >= 15 is 0 Å². The van der Waals surface area contributed by atoms with Crippen molar-refractivity contribution in [2.24, 2.45) is 0 Å². The van der Waals surface area contributed by atoms with Crippen LogP contribution in [0, 0.1) is 11.6 Å². The molecule has 0 aliphatic heterocycles. The summed E-state index contributed by atoms with van der Waals surface area (Å²) in [6, 6.07) is 26.3. The first-order valence-corrected chi connectivity index (χ1v) is 15.6. The van der Waals surface area contributed by atoms with Crippen molar-refractivity contribution in [3.63, 3.8) is 0 Å². The van der Waals surface area contributed by atoms with Gasteiger partial charge >= 0.3 is 17.7 Å². The van der Waals surface area contributed by atoms with E-state index in [0.717, 1.165) is 54.2 Å². The molecule has 4 aromatic carbocycles. The summed E-state index contributed by atoms with van der Waals surface area (Å²) in [4.78, 5) is 42.6. The number of benzene rings is 4. The maximum atomic E-state index is 14.5. The van der Waals surface area contributed by atoms with Gasteiger partial charge in [0.05, 0.1) is 5.56 Å². The van der Waals surface area contributed by atoms with Crippen molar-refractivity contribution in [3.8, 4) is 5.69 Å². The Hall–Kier alpha value is -5.45. The molecular weight excluding hydrogens is 604 g/mol. The molecule has 1 aliphatic rings. The van der Waals surface area contributed by atoms with Crippen molar-refractivity contribution in [1.82, 2.24) is 19.8 Å². The third-order valence-electron chi connectivity index (χ3n) is 8.39. The molecule has 9 nitrogen and oxygen atoms in total. The Balaban J connectivity index is 1.37. The number of tetrazole rings is 1. The quantitative estimate of drug-likeness (QED) is 0.133. The van der Waals surface area contributed by atoms with Crippen molar-refractivity contribution in [1.29, 1.82) is 0 Å². The van der Waals surface area contributed by atoms with Crippen LogP contribution in [0.4, 0.5) is 19.3 Å². The van der Waals surface area contributed by atoms with E-state index in [1.165, 1.54) is 4.90 Å². The number of hydrogen-bond acceptors (Lipinski definition) is 6. The summed E-state index contributed by atoms with van der Waals surface area (Å²) in [5.74, 6) is -2.60. The topological polar surface area (TPSA) is 99.3 Å². The first-order valence-electron chi connectivity index (χ1n) is 15.6. The van der Waals surface area contributed by atoms with E-state index in [4.69, 9.17) is 4.74 Å². The maximum Gasteiger partial charge on any atom is 0.377 e. The molecule has 1 saturated carbocycles. The fourth-order valence-electron chi connectivity index (χ4n) is 5.96. The lowest BCUT2D eigenvalue weighted by molar-refractivity contribution is 0.0471. The van der Waals surface area contributed by atoms with Gasteiger partial charge in [-0.15, -0.1) is 4.68 Å². The molecule has 0 N–H and O–H groups in total. The van der Waals surface area contributed by atoms with Crippen LogP contribution in [0.1, 0.15) is 59.2 Å². The van der Waals surface area contributed by atoms with Gasteiger partial charge < -0.3 is 4.74 Å². The lowest BCUT2D eigenvalue weighted by Crippen LogP contribution is -2.47. The van der Waals surface area contributed by atoms with Gasteiger partial charge in [0.2, 0.25) is 0 Å². The number of carbonyl (C=O) groups excluding carboxylic acids is 2. The van der Waals surface area contributed by atoms with Crippen molar-refractivity contribution >= 4 is 17.7 Å². The molecule has 1 aliphatic carbocycles. The molecule has 1 aromatic heterocycles. The second-order valence-electron chi connectivity index (χ2n) is 11.5. The van der Waals surface area contributed by atoms with Crippen LogP contribution in [0.25, 0.3) is 5.69 Å². The average molecular weight is 638 g/mol. The highest BCUT2D eigenvalue weighted by Crippen LogP contribution is 2.30. The number of hydrogen-bond donors (Lipinski definition) is 0. The van der Waals surface area contributed by atoms with Crippen LogP contribution in [-0.4, -0.2) is 37.8 Å². The summed E-state index contributed by atoms with van der Waals surface area (Å²) in [6.45, 7) is 0.0679. The number of carbonyl (C=O) groups is 2. The summed E-state index contributed by atoms with van der Waals surface area (Å²) >= 11 is 0. The van der Waals surface area contributed by atoms with E-state index in [1.807, 2.05) is 60.7 Å². The molecule has 47 heavy (non-hydrogen) atoms. The number of aryl methyl sites for hydroxylation is 2. The van der Waals surface area contributed by atoms with E-state index in [2.05, 4.69) is 10.4 Å². The molecule has 0 saturated heterocycles. The van der Waals surface area contributed by atoms with E-state index in [1.54, 1.807) is 18.2 Å². The van der Waals surface area contributed by atoms with Gasteiger partial charge in [0.25, 0.3) is 0 Å². The van der Waals surface area contributed by atoms with E-state index in [0.29, 0.717) is 46.3 Å². The van der Waals surface area contributed by atoms with Gasteiger partial charge in [-0.25, -0.2) is 23.2 Å². The van der Waals surface area contributed by atoms with Crippen LogP contribution in [0.15, 0.2) is 102 Å². The highest BCUT2D eigenvalue weighted by Gasteiger charge is 2.32. The first kappa shape index (κ1) is 31.5. The summed E-state index contributed by atoms with van der Waals surface area (Å²) < 4.78 is 35.7. The number of rotatable bonds is 9. The predicted molar refractivity (Wildman–Crippen MR) is 172 cm³/mol. The zero-order chi connectivity index (χ0) is 32.8. The second-order valence-corrected chi connectivity index (χ2v) is 11.5. The Labute approximate surface area is 270 Å².